The molecule has 166 valence electrons. The van der Waals surface area contributed by atoms with Gasteiger partial charge in [-0.2, -0.15) is 5.10 Å². The predicted octanol–water partition coefficient (Wildman–Crippen LogP) is 4.69. The molecule has 33 heavy (non-hydrogen) atoms. The minimum atomic E-state index is -0.338. The maximum absolute atomic E-state index is 13.1. The van der Waals surface area contributed by atoms with Crippen LogP contribution in [0.2, 0.25) is 0 Å². The Balaban J connectivity index is 1.64. The number of nitrogens with zero attached hydrogens (tertiary/aromatic N) is 2. The smallest absolute Gasteiger partial charge is 0.272 e. The molecule has 3 aromatic carbocycles. The van der Waals surface area contributed by atoms with Gasteiger partial charge < -0.3 is 14.2 Å². The number of para-hydroxylation sites is 1. The first-order valence-corrected chi connectivity index (χ1v) is 10.2. The first-order valence-electron chi connectivity index (χ1n) is 10.2. The lowest BCUT2D eigenvalue weighted by Crippen LogP contribution is -2.18. The number of methoxy groups -OCH3 is 3. The van der Waals surface area contributed by atoms with Crippen LogP contribution in [0.4, 0.5) is 0 Å². The Hall–Kier alpha value is -4.39. The number of carbonyl (C=O) groups is 1. The Kier molecular flexibility index (Phi) is 6.50. The zero-order valence-electron chi connectivity index (χ0n) is 18.5. The number of benzene rings is 3. The third-order valence-corrected chi connectivity index (χ3v) is 5.10. The Morgan fingerprint density at radius 1 is 0.879 bits per heavy atom. The van der Waals surface area contributed by atoms with Crippen molar-refractivity contribution in [1.82, 2.24) is 10.4 Å². The highest BCUT2D eigenvalue weighted by Gasteiger charge is 2.14. The Labute approximate surface area is 191 Å². The molecule has 4 aromatic rings. The number of hydrogen-bond acceptors (Lipinski definition) is 6. The van der Waals surface area contributed by atoms with E-state index in [1.807, 2.05) is 54.6 Å². The number of aromatic nitrogens is 1. The standard InChI is InChI=1S/C26H23N3O4/c1-31-23-13-17(14-24(32-2)25(23)33-3)16-27-29-26(30)20-15-22(18-9-5-4-6-10-18)28-21-12-8-7-11-19(20)21/h4-16H,1-3H3,(H,29,30). The Morgan fingerprint density at radius 2 is 1.55 bits per heavy atom. The van der Waals surface area contributed by atoms with Gasteiger partial charge in [0.05, 0.1) is 44.3 Å². The summed E-state index contributed by atoms with van der Waals surface area (Å²) in [6.07, 6.45) is 1.52. The molecule has 1 aromatic heterocycles. The first-order chi connectivity index (χ1) is 16.1. The van der Waals surface area contributed by atoms with Crippen molar-refractivity contribution in [2.24, 2.45) is 5.10 Å². The summed E-state index contributed by atoms with van der Waals surface area (Å²) in [4.78, 5) is 17.8. The van der Waals surface area contributed by atoms with E-state index in [4.69, 9.17) is 19.2 Å². The summed E-state index contributed by atoms with van der Waals surface area (Å²) in [7, 11) is 4.62. The fourth-order valence-corrected chi connectivity index (χ4v) is 3.52. The van der Waals surface area contributed by atoms with Gasteiger partial charge in [0.1, 0.15) is 0 Å². The molecule has 0 aliphatic carbocycles. The van der Waals surface area contributed by atoms with Crippen LogP contribution in [-0.2, 0) is 0 Å². The van der Waals surface area contributed by atoms with Gasteiger partial charge in [0.15, 0.2) is 11.5 Å². The van der Waals surface area contributed by atoms with Crippen molar-refractivity contribution in [2.75, 3.05) is 21.3 Å². The fraction of sp³-hybridized carbons (Fsp3) is 0.115. The molecule has 7 heteroatoms. The number of pyridine rings is 1. The van der Waals surface area contributed by atoms with Crippen molar-refractivity contribution in [1.29, 1.82) is 0 Å². The zero-order valence-corrected chi connectivity index (χ0v) is 18.5. The molecular weight excluding hydrogens is 418 g/mol. The van der Waals surface area contributed by atoms with Crippen molar-refractivity contribution in [3.8, 4) is 28.5 Å². The van der Waals surface area contributed by atoms with E-state index in [2.05, 4.69) is 10.5 Å². The molecule has 0 aliphatic rings. The number of hydrogen-bond donors (Lipinski definition) is 1. The van der Waals surface area contributed by atoms with Crippen LogP contribution in [0.1, 0.15) is 15.9 Å². The molecular formula is C26H23N3O4. The molecule has 7 nitrogen and oxygen atoms in total. The van der Waals surface area contributed by atoms with Gasteiger partial charge in [-0.05, 0) is 24.3 Å². The third-order valence-electron chi connectivity index (χ3n) is 5.10. The Bertz CT molecular complexity index is 1290. The summed E-state index contributed by atoms with van der Waals surface area (Å²) in [6, 6.07) is 22.5. The van der Waals surface area contributed by atoms with Crippen LogP contribution >= 0.6 is 0 Å². The summed E-state index contributed by atoms with van der Waals surface area (Å²) in [6.45, 7) is 0. The minimum Gasteiger partial charge on any atom is -0.493 e. The van der Waals surface area contributed by atoms with E-state index in [1.165, 1.54) is 13.3 Å². The van der Waals surface area contributed by atoms with Gasteiger partial charge in [0.2, 0.25) is 5.75 Å². The quantitative estimate of drug-likeness (QED) is 0.332. The van der Waals surface area contributed by atoms with Crippen molar-refractivity contribution in [3.05, 3.63) is 83.9 Å². The number of carbonyl (C=O) groups excluding carboxylic acids is 1. The molecule has 0 unspecified atom stereocenters. The summed E-state index contributed by atoms with van der Waals surface area (Å²) in [5.74, 6) is 1.14. The number of rotatable bonds is 7. The van der Waals surface area contributed by atoms with Gasteiger partial charge in [-0.25, -0.2) is 10.4 Å². The minimum absolute atomic E-state index is 0.338. The topological polar surface area (TPSA) is 82.0 Å². The van der Waals surface area contributed by atoms with E-state index in [9.17, 15) is 4.79 Å². The number of ether oxygens (including phenoxy) is 3. The van der Waals surface area contributed by atoms with Crippen molar-refractivity contribution in [2.45, 2.75) is 0 Å². The van der Waals surface area contributed by atoms with Gasteiger partial charge in [-0.15, -0.1) is 0 Å². The predicted molar refractivity (Wildman–Crippen MR) is 128 cm³/mol. The van der Waals surface area contributed by atoms with E-state index in [-0.39, 0.29) is 5.91 Å². The lowest BCUT2D eigenvalue weighted by atomic mass is 10.0. The second-order valence-corrected chi connectivity index (χ2v) is 7.10. The monoisotopic (exact) mass is 441 g/mol. The molecule has 1 heterocycles. The molecule has 0 atom stereocenters. The molecule has 0 bridgehead atoms. The molecule has 0 fully saturated rings. The van der Waals surface area contributed by atoms with Gasteiger partial charge in [-0.1, -0.05) is 48.5 Å². The second-order valence-electron chi connectivity index (χ2n) is 7.10. The molecule has 1 amide bonds. The summed E-state index contributed by atoms with van der Waals surface area (Å²) in [5.41, 5.74) is 6.15. The van der Waals surface area contributed by atoms with Gasteiger partial charge >= 0.3 is 0 Å². The molecule has 1 N–H and O–H groups in total. The highest BCUT2D eigenvalue weighted by atomic mass is 16.5. The average molecular weight is 441 g/mol. The van der Waals surface area contributed by atoms with Gasteiger partial charge in [-0.3, -0.25) is 4.79 Å². The maximum atomic E-state index is 13.1. The highest BCUT2D eigenvalue weighted by Crippen LogP contribution is 2.37. The van der Waals surface area contributed by atoms with Gasteiger partial charge in [0.25, 0.3) is 5.91 Å². The summed E-state index contributed by atoms with van der Waals surface area (Å²) < 4.78 is 16.0. The summed E-state index contributed by atoms with van der Waals surface area (Å²) >= 11 is 0. The number of fused-ring (bicyclic) bond motifs is 1. The largest absolute Gasteiger partial charge is 0.493 e. The van der Waals surface area contributed by atoms with Crippen molar-refractivity contribution >= 4 is 23.0 Å². The van der Waals surface area contributed by atoms with Gasteiger partial charge in [0, 0.05) is 16.5 Å². The van der Waals surface area contributed by atoms with Crippen LogP contribution < -0.4 is 19.6 Å². The average Bonchev–Trinajstić information content (AvgIpc) is 2.87. The van der Waals surface area contributed by atoms with Crippen LogP contribution in [0.5, 0.6) is 17.2 Å². The van der Waals surface area contributed by atoms with E-state index >= 15 is 0 Å². The maximum Gasteiger partial charge on any atom is 0.272 e. The van der Waals surface area contributed by atoms with Crippen LogP contribution in [0.3, 0.4) is 0 Å². The normalized spacial score (nSPS) is 10.9. The zero-order chi connectivity index (χ0) is 23.2. The molecule has 4 rings (SSSR count). The molecule has 0 saturated carbocycles. The van der Waals surface area contributed by atoms with E-state index in [0.717, 1.165) is 16.5 Å². The first kappa shape index (κ1) is 21.8. The molecule has 0 spiro atoms. The number of amides is 1. The lowest BCUT2D eigenvalue weighted by molar-refractivity contribution is 0.0956. The molecule has 0 radical (unpaired) electrons. The van der Waals surface area contributed by atoms with E-state index < -0.39 is 0 Å². The van der Waals surface area contributed by atoms with Crippen LogP contribution in [-0.4, -0.2) is 38.4 Å². The van der Waals surface area contributed by atoms with Crippen molar-refractivity contribution in [3.63, 3.8) is 0 Å². The van der Waals surface area contributed by atoms with E-state index in [0.29, 0.717) is 34.1 Å². The highest BCUT2D eigenvalue weighted by molar-refractivity contribution is 6.07. The Morgan fingerprint density at radius 3 is 2.21 bits per heavy atom. The lowest BCUT2D eigenvalue weighted by Gasteiger charge is -2.12. The van der Waals surface area contributed by atoms with E-state index in [1.54, 1.807) is 32.4 Å². The van der Waals surface area contributed by atoms with Crippen LogP contribution in [0, 0.1) is 0 Å². The molecule has 0 saturated heterocycles. The third kappa shape index (κ3) is 4.62. The van der Waals surface area contributed by atoms with Crippen molar-refractivity contribution < 1.29 is 19.0 Å². The molecule has 0 aliphatic heterocycles. The van der Waals surface area contributed by atoms with Crippen LogP contribution in [0.25, 0.3) is 22.2 Å². The number of nitrogens with one attached hydrogen (secondary N) is 1. The SMILES string of the molecule is COc1cc(C=NNC(=O)c2cc(-c3ccccc3)nc3ccccc23)cc(OC)c1OC. The number of hydrazone groups is 1. The fourth-order valence-electron chi connectivity index (χ4n) is 3.52. The van der Waals surface area contributed by atoms with Crippen LogP contribution in [0.15, 0.2) is 77.9 Å². The second kappa shape index (κ2) is 9.82. The summed E-state index contributed by atoms with van der Waals surface area (Å²) in [5, 5.41) is 4.88.